The summed E-state index contributed by atoms with van der Waals surface area (Å²) in [7, 11) is -21.0. The number of hydrogen-bond acceptors (Lipinski definition) is 0. The predicted octanol–water partition coefficient (Wildman–Crippen LogP) is 14.6. The molecule has 48 heavy (non-hydrogen) atoms. The van der Waals surface area contributed by atoms with Gasteiger partial charge in [0.05, 0.1) is 0 Å². The summed E-state index contributed by atoms with van der Waals surface area (Å²) in [4.78, 5) is 0. The Hall–Kier alpha value is 3.76. The lowest BCUT2D eigenvalue weighted by molar-refractivity contribution is 0.763. The quantitative estimate of drug-likeness (QED) is 0.168. The smallest absolute Gasteiger partial charge is 0.154 e. The zero-order valence-corrected chi connectivity index (χ0v) is 51.4. The van der Waals surface area contributed by atoms with Gasteiger partial charge in [0, 0.05) is 64.6 Å². The van der Waals surface area contributed by atoms with Gasteiger partial charge in [0.1, 0.15) is 14.2 Å². The Labute approximate surface area is 331 Å². The van der Waals surface area contributed by atoms with Crippen molar-refractivity contribution in [1.29, 1.82) is 0 Å². The van der Waals surface area contributed by atoms with E-state index >= 15 is 0 Å². The molecule has 0 bridgehead atoms. The number of rotatable bonds is 8. The standard InChI is InChI=1S/C32H80Cl4Si12/c1-37(2,3)29(38(4,5)6)25-26-30(39(7,8)9,40(10,11)12)45(29)47(33,34)46(48(45,35)36)31(41(13,14)15,42(16,17)18)27-28-32(46,43(19,20)21)44(22,23)24/h25-28H2,1-24H3. The second-order valence-corrected chi connectivity index (χ2v) is 122. The monoisotopic (exact) mass is 940 g/mol. The van der Waals surface area contributed by atoms with Crippen LogP contribution < -0.4 is 0 Å². The van der Waals surface area contributed by atoms with Gasteiger partial charge < -0.3 is 0 Å². The van der Waals surface area contributed by atoms with Crippen LogP contribution >= 0.6 is 44.3 Å². The summed E-state index contributed by atoms with van der Waals surface area (Å²) in [6, 6.07) is 0. The molecule has 0 nitrogen and oxygen atoms in total. The maximum atomic E-state index is 9.57. The average molecular weight is 944 g/mol. The molecule has 0 saturated carbocycles. The van der Waals surface area contributed by atoms with Crippen LogP contribution in [-0.4, -0.2) is 90.3 Å². The molecular formula is C32H80Cl4Si12. The van der Waals surface area contributed by atoms with Gasteiger partial charge in [0.15, 0.2) is 0 Å². The third-order valence-corrected chi connectivity index (χ3v) is 195. The summed E-state index contributed by atoms with van der Waals surface area (Å²) in [5.74, 6) is 0. The van der Waals surface area contributed by atoms with Crippen LogP contribution in [0.4, 0.5) is 0 Å². The van der Waals surface area contributed by atoms with Gasteiger partial charge in [-0.05, 0) is 17.1 Å². The second kappa shape index (κ2) is 11.7. The van der Waals surface area contributed by atoms with Crippen LogP contribution in [0.1, 0.15) is 25.7 Å². The first kappa shape index (κ1) is 46.1. The van der Waals surface area contributed by atoms with Crippen LogP contribution in [0.15, 0.2) is 0 Å². The molecule has 0 aromatic rings. The lowest BCUT2D eigenvalue weighted by atomic mass is 10.4. The van der Waals surface area contributed by atoms with Crippen molar-refractivity contribution in [2.45, 2.75) is 200 Å². The van der Waals surface area contributed by atoms with E-state index in [1.807, 2.05) is 0 Å². The van der Waals surface area contributed by atoms with Crippen molar-refractivity contribution in [1.82, 2.24) is 0 Å². The molecule has 0 aromatic heterocycles. The number of hydrogen-bond donors (Lipinski definition) is 0. The summed E-state index contributed by atoms with van der Waals surface area (Å²) in [5, 5.41) is 0. The van der Waals surface area contributed by atoms with Gasteiger partial charge in [0.2, 0.25) is 11.5 Å². The molecule has 0 N–H and O–H groups in total. The van der Waals surface area contributed by atoms with E-state index in [0.717, 1.165) is 0 Å². The molecule has 284 valence electrons. The first-order valence-corrected chi connectivity index (χ1v) is 63.2. The zero-order chi connectivity index (χ0) is 38.8. The Morgan fingerprint density at radius 1 is 0.271 bits per heavy atom. The first-order valence-electron chi connectivity index (χ1n) is 19.2. The minimum absolute atomic E-state index is 0.273. The largest absolute Gasteiger partial charge is 0.228 e. The molecule has 3 rings (SSSR count). The molecule has 3 aliphatic heterocycles. The maximum absolute atomic E-state index is 9.57. The van der Waals surface area contributed by atoms with Crippen molar-refractivity contribution < 1.29 is 0 Å². The van der Waals surface area contributed by atoms with E-state index in [0.29, 0.717) is 0 Å². The normalized spacial score (nSPS) is 27.8. The van der Waals surface area contributed by atoms with Gasteiger partial charge in [-0.2, -0.15) is 44.3 Å². The third-order valence-electron chi connectivity index (χ3n) is 16.4. The third kappa shape index (κ3) is 4.52. The average Bonchev–Trinajstić information content (AvgIpc) is 3.32. The fourth-order valence-corrected chi connectivity index (χ4v) is 400. The van der Waals surface area contributed by atoms with Crippen molar-refractivity contribution in [3.63, 3.8) is 0 Å². The molecule has 3 aliphatic rings. The first-order chi connectivity index (χ1) is 20.4. The highest BCUT2D eigenvalue weighted by Crippen LogP contribution is 2.94. The van der Waals surface area contributed by atoms with Crippen molar-refractivity contribution in [2.75, 3.05) is 0 Å². The Morgan fingerprint density at radius 2 is 0.375 bits per heavy atom. The molecule has 3 fully saturated rings. The van der Waals surface area contributed by atoms with Crippen LogP contribution in [0, 0.1) is 0 Å². The molecular weight excluding hydrogens is 863 g/mol. The van der Waals surface area contributed by atoms with Crippen LogP contribution in [0.25, 0.3) is 0 Å². The molecule has 0 unspecified atom stereocenters. The van der Waals surface area contributed by atoms with E-state index in [1.165, 1.54) is 25.7 Å². The summed E-state index contributed by atoms with van der Waals surface area (Å²) in [6.07, 6.45) is 5.41. The van der Waals surface area contributed by atoms with Gasteiger partial charge in [-0.25, -0.2) is 0 Å². The molecule has 3 saturated heterocycles. The summed E-state index contributed by atoms with van der Waals surface area (Å²) in [6.45, 7) is 66.3. The molecule has 0 aromatic carbocycles. The zero-order valence-electron chi connectivity index (χ0n) is 36.3. The fraction of sp³-hybridized carbons (Fsp3) is 1.00. The van der Waals surface area contributed by atoms with Crippen LogP contribution in [0.3, 0.4) is 0 Å². The van der Waals surface area contributed by atoms with Gasteiger partial charge in [-0.3, -0.25) is 0 Å². The van der Waals surface area contributed by atoms with Gasteiger partial charge in [-0.1, -0.05) is 183 Å². The molecule has 0 aliphatic carbocycles. The van der Waals surface area contributed by atoms with E-state index in [1.54, 1.807) is 0 Å². The maximum Gasteiger partial charge on any atom is 0.228 e. The van der Waals surface area contributed by atoms with Gasteiger partial charge in [0.25, 0.3) is 0 Å². The summed E-state index contributed by atoms with van der Waals surface area (Å²) in [5.41, 5.74) is -6.29. The van der Waals surface area contributed by atoms with Gasteiger partial charge in [-0.15, -0.1) is 0 Å². The van der Waals surface area contributed by atoms with Crippen molar-refractivity contribution in [3.8, 4) is 0 Å². The summed E-state index contributed by atoms with van der Waals surface area (Å²) < 4.78 is 1.09. The highest BCUT2D eigenvalue weighted by molar-refractivity contribution is 8.39. The highest BCUT2D eigenvalue weighted by atomic mass is 35.7. The van der Waals surface area contributed by atoms with E-state index in [4.69, 9.17) is 0 Å². The van der Waals surface area contributed by atoms with Crippen LogP contribution in [-0.2, 0) is 0 Å². The lowest BCUT2D eigenvalue weighted by Gasteiger charge is -2.89. The van der Waals surface area contributed by atoms with Crippen molar-refractivity contribution in [3.05, 3.63) is 0 Å². The lowest BCUT2D eigenvalue weighted by Crippen LogP contribution is -3.14. The minimum atomic E-state index is -3.14. The van der Waals surface area contributed by atoms with Crippen molar-refractivity contribution >= 4 is 135 Å². The van der Waals surface area contributed by atoms with E-state index in [9.17, 15) is 44.3 Å². The molecule has 0 atom stereocenters. The Bertz CT molecular complexity index is 1040. The minimum Gasteiger partial charge on any atom is -0.154 e. The highest BCUT2D eigenvalue weighted by Gasteiger charge is 3.10. The SMILES string of the molecule is C[Si](C)(C)C1([Si](C)(C)C)CCC([Si](C)(C)C)([Si](C)(C)C)[Si]12[Si](Cl)(Cl)[Si]1(C([Si](C)(C)C)([Si](C)(C)C)CCC1([Si](C)(C)C)[Si](C)(C)C)[Si]2(Cl)Cl. The van der Waals surface area contributed by atoms with Crippen molar-refractivity contribution in [2.24, 2.45) is 0 Å². The summed E-state index contributed by atoms with van der Waals surface area (Å²) >= 11 is 38.3. The topological polar surface area (TPSA) is 0 Å². The van der Waals surface area contributed by atoms with Crippen LogP contribution in [0.2, 0.25) is 174 Å². The number of halogens is 4. The Kier molecular flexibility index (Phi) is 11.2. The van der Waals surface area contributed by atoms with E-state index in [-0.39, 0.29) is 17.1 Å². The van der Waals surface area contributed by atoms with Gasteiger partial charge >= 0.3 is 0 Å². The molecule has 3 heterocycles. The van der Waals surface area contributed by atoms with E-state index < -0.39 is 90.3 Å². The predicted molar refractivity (Wildman–Crippen MR) is 262 cm³/mol. The Morgan fingerprint density at radius 3 is 0.458 bits per heavy atom. The molecule has 0 amide bonds. The second-order valence-electron chi connectivity index (χ2n) is 25.3. The molecule has 0 radical (unpaired) electrons. The molecule has 16 heteroatoms. The fourth-order valence-electron chi connectivity index (χ4n) is 17.3. The molecule has 2 spiro atoms. The van der Waals surface area contributed by atoms with Crippen LogP contribution in [0.5, 0.6) is 0 Å². The Balaban J connectivity index is 3.04. The van der Waals surface area contributed by atoms with E-state index in [2.05, 4.69) is 157 Å².